The Morgan fingerprint density at radius 3 is 1.25 bits per heavy atom. The fraction of sp³-hybridized carbons (Fsp3) is 0. The fourth-order valence-electron chi connectivity index (χ4n) is 0. The molecule has 0 aliphatic heterocycles. The van der Waals surface area contributed by atoms with Gasteiger partial charge >= 0.3 is 37.7 Å². The van der Waals surface area contributed by atoms with E-state index in [4.69, 9.17) is 0 Å². The minimum Gasteiger partial charge on any atom is -1.00 e. The monoisotopic (exact) mass is 288 g/mol. The molecule has 0 aromatic carbocycles. The van der Waals surface area contributed by atoms with Crippen LogP contribution in [0.25, 0.3) is 0 Å². The Morgan fingerprint density at radius 1 is 1.25 bits per heavy atom. The SMILES string of the molecule is [AlH3].[Ca+2].[H-].[H-].[SiH4].[W]. The van der Waals surface area contributed by atoms with Crippen molar-refractivity contribution in [2.45, 2.75) is 0 Å². The molecular formula is H9AlCaSiW. The van der Waals surface area contributed by atoms with Crippen LogP contribution < -0.4 is 0 Å². The summed E-state index contributed by atoms with van der Waals surface area (Å²) in [6, 6.07) is 0. The van der Waals surface area contributed by atoms with Gasteiger partial charge in [-0.1, -0.05) is 0 Å². The second-order valence-corrected chi connectivity index (χ2v) is 0. The zero-order valence-corrected chi connectivity index (χ0v) is 6.26. The first-order chi connectivity index (χ1) is 0. The van der Waals surface area contributed by atoms with Gasteiger partial charge in [-0.2, -0.15) is 0 Å². The molecule has 0 spiro atoms. The second kappa shape index (κ2) is 17.3. The topological polar surface area (TPSA) is 0 Å². The summed E-state index contributed by atoms with van der Waals surface area (Å²) in [5.74, 6) is 0. The standard InChI is InChI=1S/Al.Ca.H4Si.W.5H/h;;1H4;;;;;;/q;+2;;;;;;2*-1. The maximum Gasteiger partial charge on any atom is 2.00 e. The number of rotatable bonds is 0. The molecule has 0 aromatic rings. The molecule has 24 valence electrons. The fourth-order valence-corrected chi connectivity index (χ4v) is 0. The average Bonchev–Trinajstić information content (AvgIpc) is 0. The Labute approximate surface area is 88.5 Å². The van der Waals surface area contributed by atoms with Gasteiger partial charge in [-0.3, -0.25) is 0 Å². The minimum atomic E-state index is 0. The van der Waals surface area contributed by atoms with E-state index in [2.05, 4.69) is 0 Å². The molecule has 0 radical (unpaired) electrons. The van der Waals surface area contributed by atoms with Crippen LogP contribution in [0, 0.1) is 0 Å². The van der Waals surface area contributed by atoms with Gasteiger partial charge in [0.2, 0.25) is 0 Å². The maximum atomic E-state index is 0. The molecule has 0 aliphatic rings. The summed E-state index contributed by atoms with van der Waals surface area (Å²) < 4.78 is 0. The largest absolute Gasteiger partial charge is 2.00 e. The van der Waals surface area contributed by atoms with E-state index in [0.717, 1.165) is 0 Å². The van der Waals surface area contributed by atoms with Crippen molar-refractivity contribution in [3.63, 3.8) is 0 Å². The normalized spacial score (nSPS) is 0. The van der Waals surface area contributed by atoms with E-state index < -0.39 is 0 Å². The molecule has 4 heavy (non-hydrogen) atoms. The molecule has 0 bridgehead atoms. The van der Waals surface area contributed by atoms with Crippen LogP contribution in [0.1, 0.15) is 2.85 Å². The van der Waals surface area contributed by atoms with Crippen LogP contribution in [-0.4, -0.2) is 66.1 Å². The first kappa shape index (κ1) is 29.9. The molecule has 0 saturated carbocycles. The summed E-state index contributed by atoms with van der Waals surface area (Å²) in [6.07, 6.45) is 0. The molecule has 0 unspecified atom stereocenters. The molecule has 0 nitrogen and oxygen atoms in total. The molecular weight excluding hydrogens is 279 g/mol. The van der Waals surface area contributed by atoms with Crippen molar-refractivity contribution in [3.05, 3.63) is 0 Å². The molecule has 0 amide bonds. The van der Waals surface area contributed by atoms with Crippen LogP contribution in [0.5, 0.6) is 0 Å². The minimum absolute atomic E-state index is 0. The first-order valence-corrected chi connectivity index (χ1v) is 0. The summed E-state index contributed by atoms with van der Waals surface area (Å²) in [5.41, 5.74) is 0. The molecule has 0 atom stereocenters. The molecule has 0 aromatic heterocycles. The quantitative estimate of drug-likeness (QED) is 0.423. The summed E-state index contributed by atoms with van der Waals surface area (Å²) >= 11 is 0. The Morgan fingerprint density at radius 2 is 1.25 bits per heavy atom. The molecule has 0 N–H and O–H groups in total. The van der Waals surface area contributed by atoms with Crippen molar-refractivity contribution < 1.29 is 23.9 Å². The van der Waals surface area contributed by atoms with Gasteiger partial charge in [-0.05, 0) is 11.0 Å². The van der Waals surface area contributed by atoms with Crippen LogP contribution in [0.15, 0.2) is 0 Å². The number of hydrogen-bond donors (Lipinski definition) is 0. The molecule has 4 heteroatoms. The van der Waals surface area contributed by atoms with Crippen molar-refractivity contribution in [1.82, 2.24) is 0 Å². The third-order valence-electron chi connectivity index (χ3n) is 0. The zero-order chi connectivity index (χ0) is 0. The summed E-state index contributed by atoms with van der Waals surface area (Å²) in [7, 11) is 0. The Balaban J connectivity index is 0. The molecule has 0 fully saturated rings. The van der Waals surface area contributed by atoms with Crippen molar-refractivity contribution in [3.8, 4) is 0 Å². The molecule has 0 rings (SSSR count). The zero-order valence-electron chi connectivity index (χ0n) is 3.12. The van der Waals surface area contributed by atoms with E-state index in [1.54, 1.807) is 0 Å². The van der Waals surface area contributed by atoms with Gasteiger partial charge in [0.15, 0.2) is 17.4 Å². The van der Waals surface area contributed by atoms with Crippen molar-refractivity contribution in [2.24, 2.45) is 0 Å². The Hall–Kier alpha value is 2.70. The summed E-state index contributed by atoms with van der Waals surface area (Å²) in [6.45, 7) is 0. The summed E-state index contributed by atoms with van der Waals surface area (Å²) in [4.78, 5) is 0. The van der Waals surface area contributed by atoms with Gasteiger partial charge in [0, 0.05) is 21.1 Å². The third kappa shape index (κ3) is 8.83. The molecule has 0 heterocycles. The van der Waals surface area contributed by atoms with E-state index in [-0.39, 0.29) is 90.0 Å². The van der Waals surface area contributed by atoms with Crippen LogP contribution in [0.2, 0.25) is 0 Å². The van der Waals surface area contributed by atoms with Crippen molar-refractivity contribution >= 4 is 66.1 Å². The van der Waals surface area contributed by atoms with E-state index >= 15 is 0 Å². The van der Waals surface area contributed by atoms with Crippen LogP contribution in [0.3, 0.4) is 0 Å². The molecule has 0 aliphatic carbocycles. The predicted molar refractivity (Wildman–Crippen MR) is 29.3 cm³/mol. The number of hydrogen-bond acceptors (Lipinski definition) is 0. The van der Waals surface area contributed by atoms with E-state index in [1.807, 2.05) is 0 Å². The van der Waals surface area contributed by atoms with Gasteiger partial charge in [-0.25, -0.2) is 0 Å². The first-order valence-electron chi connectivity index (χ1n) is 0. The van der Waals surface area contributed by atoms with E-state index in [1.165, 1.54) is 0 Å². The Kier molecular flexibility index (Phi) is 129. The third-order valence-corrected chi connectivity index (χ3v) is 0. The van der Waals surface area contributed by atoms with Gasteiger partial charge in [0.05, 0.1) is 0 Å². The second-order valence-electron chi connectivity index (χ2n) is 0. The Bertz CT molecular complexity index is 13.5. The van der Waals surface area contributed by atoms with Crippen LogP contribution in [0.4, 0.5) is 0 Å². The van der Waals surface area contributed by atoms with Crippen LogP contribution in [-0.2, 0) is 21.1 Å². The van der Waals surface area contributed by atoms with E-state index in [0.29, 0.717) is 0 Å². The maximum absolute atomic E-state index is 0. The predicted octanol–water partition coefficient (Wildman–Crippen LogP) is -2.79. The van der Waals surface area contributed by atoms with Crippen molar-refractivity contribution in [2.75, 3.05) is 0 Å². The van der Waals surface area contributed by atoms with Crippen molar-refractivity contribution in [1.29, 1.82) is 0 Å². The molecule has 0 saturated heterocycles. The summed E-state index contributed by atoms with van der Waals surface area (Å²) in [5, 5.41) is 0. The van der Waals surface area contributed by atoms with Gasteiger partial charge in [-0.15, -0.1) is 0 Å². The smallest absolute Gasteiger partial charge is 1.00 e. The van der Waals surface area contributed by atoms with E-state index in [9.17, 15) is 0 Å². The van der Waals surface area contributed by atoms with Gasteiger partial charge in [0.1, 0.15) is 0 Å². The van der Waals surface area contributed by atoms with Gasteiger partial charge < -0.3 is 2.85 Å². The van der Waals surface area contributed by atoms with Gasteiger partial charge in [0.25, 0.3) is 0 Å². The van der Waals surface area contributed by atoms with Crippen LogP contribution >= 0.6 is 0 Å². The average molecular weight is 288 g/mol.